The van der Waals surface area contributed by atoms with Crippen molar-refractivity contribution in [3.63, 3.8) is 0 Å². The van der Waals surface area contributed by atoms with Gasteiger partial charge < -0.3 is 36.4 Å². The van der Waals surface area contributed by atoms with Crippen LogP contribution in [0.2, 0.25) is 0 Å². The summed E-state index contributed by atoms with van der Waals surface area (Å²) in [7, 11) is 0. The van der Waals surface area contributed by atoms with E-state index in [9.17, 15) is 54.0 Å². The van der Waals surface area contributed by atoms with Gasteiger partial charge in [0.05, 0.1) is 26.2 Å². The summed E-state index contributed by atoms with van der Waals surface area (Å²) in [6, 6.07) is 6.98. The highest BCUT2D eigenvalue weighted by Crippen LogP contribution is 2.39. The number of nitrogens with one attached hydrogen (secondary N) is 3. The van der Waals surface area contributed by atoms with Crippen LogP contribution in [0.1, 0.15) is 77.2 Å². The molecule has 3 aliphatic heterocycles. The first-order valence-electron chi connectivity index (χ1n) is 21.4. The topological polar surface area (TPSA) is 249 Å². The fraction of sp³-hybridized carbons (Fsp3) is 0.690. The molecule has 3 amide bonds. The standard InChI is InChI=1S/C25H37N5O9.C17H30N2O2S/c1-18(31)26-20-4-2-19(3-5-20)12-21-13-29(16-24(36)37)9-8-27(14-22(32)33)6-7-28(15-23(34)35)10-11-30(21)17-25(38)39;1-2-3-4-7-10-18-15(20)9-6-5-8-14-17-13(12-22-14)11-16(21)19-17/h2-5,21H,6-17H2,1H3,(H,26,31)(H,32,33)(H,34,35)(H,36,37)(H,38,39);13-14,17H,2-12H2,1H3,(H,18,20)(H,19,21). The molecule has 3 saturated heterocycles. The maximum atomic E-state index is 11.8. The van der Waals surface area contributed by atoms with E-state index in [1.165, 1.54) is 26.2 Å². The van der Waals surface area contributed by atoms with E-state index in [0.29, 0.717) is 42.2 Å². The number of carbonyl (C=O) groups is 7. The Morgan fingerprint density at radius 3 is 1.93 bits per heavy atom. The Morgan fingerprint density at radius 2 is 1.34 bits per heavy atom. The van der Waals surface area contributed by atoms with Crippen molar-refractivity contribution in [1.82, 2.24) is 30.2 Å². The molecule has 0 aliphatic carbocycles. The first-order chi connectivity index (χ1) is 29.1. The second-order valence-electron chi connectivity index (χ2n) is 16.2. The van der Waals surface area contributed by atoms with Crippen LogP contribution in [0.15, 0.2) is 24.3 Å². The van der Waals surface area contributed by atoms with Crippen LogP contribution in [0.25, 0.3) is 0 Å². The van der Waals surface area contributed by atoms with Crippen molar-refractivity contribution in [2.75, 3.05) is 89.6 Å². The van der Waals surface area contributed by atoms with E-state index in [0.717, 1.165) is 43.5 Å². The lowest BCUT2D eigenvalue weighted by Crippen LogP contribution is -2.53. The number of rotatable bonds is 21. The molecular formula is C42H67N7O11S. The van der Waals surface area contributed by atoms with Gasteiger partial charge in [0.2, 0.25) is 17.7 Å². The number of aliphatic carboxylic acids is 4. The van der Waals surface area contributed by atoms with Crippen molar-refractivity contribution < 1.29 is 54.0 Å². The fourth-order valence-electron chi connectivity index (χ4n) is 7.95. The number of hydrogen-bond donors (Lipinski definition) is 7. The summed E-state index contributed by atoms with van der Waals surface area (Å²) >= 11 is 2.00. The summed E-state index contributed by atoms with van der Waals surface area (Å²) < 4.78 is 0. The Balaban J connectivity index is 0.000000379. The number of benzene rings is 1. The third-order valence-electron chi connectivity index (χ3n) is 11.0. The highest BCUT2D eigenvalue weighted by atomic mass is 32.2. The Hall–Kier alpha value is -4.30. The first kappa shape index (κ1) is 51.1. The number of amides is 3. The van der Waals surface area contributed by atoms with Crippen LogP contribution in [0, 0.1) is 5.92 Å². The van der Waals surface area contributed by atoms with Gasteiger partial charge in [-0.15, -0.1) is 0 Å². The van der Waals surface area contributed by atoms with Crippen molar-refractivity contribution in [3.8, 4) is 0 Å². The average Bonchev–Trinajstić information content (AvgIpc) is 3.74. The minimum Gasteiger partial charge on any atom is -0.480 e. The van der Waals surface area contributed by atoms with Crippen LogP contribution >= 0.6 is 11.8 Å². The van der Waals surface area contributed by atoms with E-state index in [2.05, 4.69) is 22.9 Å². The van der Waals surface area contributed by atoms with Gasteiger partial charge in [0.1, 0.15) is 0 Å². The number of nitrogens with zero attached hydrogens (tertiary/aromatic N) is 4. The molecule has 4 unspecified atom stereocenters. The Morgan fingerprint density at radius 1 is 0.754 bits per heavy atom. The zero-order chi connectivity index (χ0) is 44.7. The number of hydrogen-bond acceptors (Lipinski definition) is 12. The fourth-order valence-corrected chi connectivity index (χ4v) is 9.61. The molecule has 0 spiro atoms. The summed E-state index contributed by atoms with van der Waals surface area (Å²) in [6.45, 7) is 4.76. The van der Waals surface area contributed by atoms with E-state index >= 15 is 0 Å². The van der Waals surface area contributed by atoms with Gasteiger partial charge in [-0.2, -0.15) is 11.8 Å². The Bertz CT molecular complexity index is 1590. The summed E-state index contributed by atoms with van der Waals surface area (Å²) in [6.07, 6.45) is 9.69. The van der Waals surface area contributed by atoms with Gasteiger partial charge in [-0.25, -0.2) is 0 Å². The van der Waals surface area contributed by atoms with Crippen molar-refractivity contribution >= 4 is 59.0 Å². The van der Waals surface area contributed by atoms with E-state index in [4.69, 9.17) is 0 Å². The van der Waals surface area contributed by atoms with Gasteiger partial charge in [-0.1, -0.05) is 44.7 Å². The minimum atomic E-state index is -1.07. The maximum Gasteiger partial charge on any atom is 0.317 e. The van der Waals surface area contributed by atoms with Gasteiger partial charge in [-0.3, -0.25) is 53.2 Å². The lowest BCUT2D eigenvalue weighted by molar-refractivity contribution is -0.142. The van der Waals surface area contributed by atoms with E-state index < -0.39 is 29.9 Å². The summed E-state index contributed by atoms with van der Waals surface area (Å²) in [5.74, 6) is -2.38. The molecule has 1 aromatic rings. The molecular weight excluding hydrogens is 811 g/mol. The van der Waals surface area contributed by atoms with Crippen molar-refractivity contribution in [2.24, 2.45) is 5.92 Å². The van der Waals surface area contributed by atoms with E-state index in [1.807, 2.05) is 11.8 Å². The lowest BCUT2D eigenvalue weighted by atomic mass is 9.97. The highest BCUT2D eigenvalue weighted by Gasteiger charge is 2.42. The number of carboxylic acids is 4. The summed E-state index contributed by atoms with van der Waals surface area (Å²) in [5, 5.41) is 47.2. The van der Waals surface area contributed by atoms with Crippen LogP contribution < -0.4 is 16.0 Å². The smallest absolute Gasteiger partial charge is 0.317 e. The van der Waals surface area contributed by atoms with Crippen LogP contribution in [0.4, 0.5) is 5.69 Å². The zero-order valence-corrected chi connectivity index (χ0v) is 36.5. The molecule has 0 aromatic heterocycles. The molecule has 3 aliphatic rings. The molecule has 61 heavy (non-hydrogen) atoms. The molecule has 3 heterocycles. The van der Waals surface area contributed by atoms with Gasteiger partial charge in [-0.05, 0) is 55.1 Å². The second-order valence-corrected chi connectivity index (χ2v) is 17.4. The number of carboxylic acid groups (broad SMARTS) is 4. The molecule has 0 radical (unpaired) electrons. The molecule has 342 valence electrons. The lowest BCUT2D eigenvalue weighted by Gasteiger charge is -2.37. The predicted molar refractivity (Wildman–Crippen MR) is 232 cm³/mol. The van der Waals surface area contributed by atoms with Gasteiger partial charge in [0, 0.05) is 95.1 Å². The molecule has 0 saturated carbocycles. The van der Waals surface area contributed by atoms with Crippen molar-refractivity contribution in [3.05, 3.63) is 29.8 Å². The minimum absolute atomic E-state index is 0.187. The molecule has 1 aromatic carbocycles. The molecule has 7 N–H and O–H groups in total. The highest BCUT2D eigenvalue weighted by molar-refractivity contribution is 8.00. The number of unbranched alkanes of at least 4 members (excludes halogenated alkanes) is 4. The maximum absolute atomic E-state index is 11.8. The quantitative estimate of drug-likeness (QED) is 0.0873. The average molecular weight is 878 g/mol. The van der Waals surface area contributed by atoms with Crippen LogP contribution in [-0.4, -0.2) is 183 Å². The van der Waals surface area contributed by atoms with Crippen LogP contribution in [-0.2, 0) is 40.0 Å². The second kappa shape index (κ2) is 27.6. The third-order valence-corrected chi connectivity index (χ3v) is 12.6. The number of anilines is 1. The third kappa shape index (κ3) is 20.9. The normalized spacial score (nSPS) is 21.8. The molecule has 18 nitrogen and oxygen atoms in total. The Kier molecular flexibility index (Phi) is 23.1. The first-order valence-corrected chi connectivity index (χ1v) is 22.5. The number of fused-ring (bicyclic) bond motifs is 1. The van der Waals surface area contributed by atoms with E-state index in [-0.39, 0.29) is 89.7 Å². The number of carbonyl (C=O) groups excluding carboxylic acids is 3. The molecule has 19 heteroatoms. The van der Waals surface area contributed by atoms with Crippen molar-refractivity contribution in [1.29, 1.82) is 0 Å². The van der Waals surface area contributed by atoms with Crippen LogP contribution in [0.5, 0.6) is 0 Å². The number of thioether (sulfide) groups is 1. The molecule has 4 rings (SSSR count). The van der Waals surface area contributed by atoms with E-state index in [1.54, 1.807) is 43.9 Å². The van der Waals surface area contributed by atoms with Gasteiger partial charge in [0.25, 0.3) is 0 Å². The molecule has 3 fully saturated rings. The molecule has 4 atom stereocenters. The summed E-state index contributed by atoms with van der Waals surface area (Å²) in [4.78, 5) is 87.4. The zero-order valence-electron chi connectivity index (χ0n) is 35.7. The van der Waals surface area contributed by atoms with Gasteiger partial charge in [0.15, 0.2) is 0 Å². The van der Waals surface area contributed by atoms with Crippen LogP contribution in [0.3, 0.4) is 0 Å². The predicted octanol–water partition coefficient (Wildman–Crippen LogP) is 1.98. The molecule has 0 bridgehead atoms. The monoisotopic (exact) mass is 877 g/mol. The van der Waals surface area contributed by atoms with Gasteiger partial charge >= 0.3 is 23.9 Å². The van der Waals surface area contributed by atoms with Crippen molar-refractivity contribution in [2.45, 2.75) is 95.4 Å². The largest absolute Gasteiger partial charge is 0.480 e. The summed E-state index contributed by atoms with van der Waals surface area (Å²) in [5.41, 5.74) is 1.43. The SMILES string of the molecule is CC(=O)Nc1ccc(CC2CN(CC(=O)O)CCN(CC(=O)O)CCN(CC(=O)O)CCN2CC(=O)O)cc1.CCCCCCNC(=O)CCCCC1SCC2CC(=O)NC21. The Labute approximate surface area is 363 Å².